The molecule has 0 atom stereocenters. The molecule has 0 aromatic rings. The van der Waals surface area contributed by atoms with Crippen LogP contribution in [0.2, 0.25) is 0 Å². The minimum Gasteiger partial charge on any atom is -0.0594 e. The second-order valence-electron chi connectivity index (χ2n) is 3.92. The maximum atomic E-state index is 2.26. The molecule has 1 radical (unpaired) electrons. The fourth-order valence-electron chi connectivity index (χ4n) is 1.97. The molecule has 1 aliphatic carbocycles. The predicted octanol–water partition coefficient (Wildman–Crippen LogP) is 3.57. The van der Waals surface area contributed by atoms with Crippen molar-refractivity contribution in [3.05, 3.63) is 5.92 Å². The van der Waals surface area contributed by atoms with E-state index in [1.165, 1.54) is 38.5 Å². The average Bonchev–Trinajstić information content (AvgIpc) is 1.88. The van der Waals surface area contributed by atoms with Crippen molar-refractivity contribution in [2.75, 3.05) is 0 Å². The van der Waals surface area contributed by atoms with Crippen molar-refractivity contribution in [3.63, 3.8) is 0 Å². The summed E-state index contributed by atoms with van der Waals surface area (Å²) in [5.74, 6) is 2.66. The number of hydrogen-bond acceptors (Lipinski definition) is 0. The maximum Gasteiger partial charge on any atom is -0.0300 e. The van der Waals surface area contributed by atoms with Crippen molar-refractivity contribution in [2.45, 2.75) is 52.4 Å². The van der Waals surface area contributed by atoms with Crippen molar-refractivity contribution in [1.82, 2.24) is 0 Å². The Hall–Kier alpha value is 0. The normalized spacial score (nSPS) is 21.9. The lowest BCUT2D eigenvalue weighted by molar-refractivity contribution is 0.345. The second-order valence-corrected chi connectivity index (χ2v) is 3.92. The Labute approximate surface area is 65.0 Å². The third-order valence-electron chi connectivity index (χ3n) is 2.42. The molecule has 0 spiro atoms. The minimum absolute atomic E-state index is 1.04. The van der Waals surface area contributed by atoms with Crippen molar-refractivity contribution in [3.8, 4) is 0 Å². The van der Waals surface area contributed by atoms with Gasteiger partial charge in [0.1, 0.15) is 0 Å². The molecule has 59 valence electrons. The summed E-state index contributed by atoms with van der Waals surface area (Å²) in [5.41, 5.74) is 0. The zero-order valence-corrected chi connectivity index (χ0v) is 7.32. The third kappa shape index (κ3) is 2.72. The maximum absolute atomic E-state index is 2.26. The van der Waals surface area contributed by atoms with Gasteiger partial charge in [0.25, 0.3) is 0 Å². The van der Waals surface area contributed by atoms with Crippen LogP contribution in [-0.4, -0.2) is 0 Å². The highest BCUT2D eigenvalue weighted by Gasteiger charge is 2.13. The van der Waals surface area contributed by atoms with Gasteiger partial charge in [-0.15, -0.1) is 0 Å². The van der Waals surface area contributed by atoms with E-state index in [9.17, 15) is 0 Å². The van der Waals surface area contributed by atoms with Crippen LogP contribution in [0.5, 0.6) is 0 Å². The van der Waals surface area contributed by atoms with E-state index in [2.05, 4.69) is 13.8 Å². The van der Waals surface area contributed by atoms with E-state index < -0.39 is 0 Å². The summed E-state index contributed by atoms with van der Waals surface area (Å²) < 4.78 is 0. The molecule has 0 bridgehead atoms. The topological polar surface area (TPSA) is 0 Å². The van der Waals surface area contributed by atoms with E-state index in [-0.39, 0.29) is 0 Å². The largest absolute Gasteiger partial charge is 0.0594 e. The van der Waals surface area contributed by atoms with Crippen molar-refractivity contribution < 1.29 is 0 Å². The number of hydrogen-bond donors (Lipinski definition) is 0. The first-order chi connectivity index (χ1) is 4.79. The van der Waals surface area contributed by atoms with Crippen LogP contribution < -0.4 is 0 Å². The molecule has 0 N–H and O–H groups in total. The molecule has 0 heteroatoms. The van der Waals surface area contributed by atoms with Gasteiger partial charge in [-0.3, -0.25) is 0 Å². The monoisotopic (exact) mass is 139 g/mol. The van der Waals surface area contributed by atoms with Crippen molar-refractivity contribution in [1.29, 1.82) is 0 Å². The summed E-state index contributed by atoms with van der Waals surface area (Å²) in [6.45, 7) is 4.52. The van der Waals surface area contributed by atoms with Crippen LogP contribution in [0.1, 0.15) is 52.4 Å². The minimum atomic E-state index is 1.04. The van der Waals surface area contributed by atoms with Crippen LogP contribution >= 0.6 is 0 Å². The molecule has 0 unspecified atom stereocenters. The quantitative estimate of drug-likeness (QED) is 0.548. The second kappa shape index (κ2) is 4.00. The zero-order valence-electron chi connectivity index (χ0n) is 7.32. The van der Waals surface area contributed by atoms with Gasteiger partial charge in [0.2, 0.25) is 0 Å². The van der Waals surface area contributed by atoms with E-state index in [0.717, 1.165) is 5.92 Å². The Kier molecular flexibility index (Phi) is 3.24. The predicted molar refractivity (Wildman–Crippen MR) is 45.8 cm³/mol. The van der Waals surface area contributed by atoms with E-state index in [1.54, 1.807) is 5.92 Å². The van der Waals surface area contributed by atoms with Crippen LogP contribution in [0, 0.1) is 11.8 Å². The van der Waals surface area contributed by atoms with E-state index >= 15 is 0 Å². The fourth-order valence-corrected chi connectivity index (χ4v) is 1.97. The molecular weight excluding hydrogens is 120 g/mol. The van der Waals surface area contributed by atoms with Crippen molar-refractivity contribution in [2.24, 2.45) is 5.92 Å². The molecule has 0 aromatic carbocycles. The average molecular weight is 139 g/mol. The summed E-state index contributed by atoms with van der Waals surface area (Å²) >= 11 is 0. The molecular formula is C10H19. The zero-order chi connectivity index (χ0) is 7.40. The first-order valence-electron chi connectivity index (χ1n) is 4.58. The first kappa shape index (κ1) is 8.10. The fraction of sp³-hybridized carbons (Fsp3) is 0.900. The van der Waals surface area contributed by atoms with Gasteiger partial charge in [-0.25, -0.2) is 0 Å². The molecule has 0 amide bonds. The van der Waals surface area contributed by atoms with Gasteiger partial charge in [-0.2, -0.15) is 0 Å². The van der Waals surface area contributed by atoms with Gasteiger partial charge < -0.3 is 0 Å². The molecule has 0 aromatic heterocycles. The lowest BCUT2D eigenvalue weighted by Crippen LogP contribution is -2.07. The molecule has 0 nitrogen and oxygen atoms in total. The standard InChI is InChI=1S/C10H19/c1-9(2)8-10-6-4-3-5-7-10/h10H,3-8H2,1-2H3. The molecule has 1 aliphatic rings. The van der Waals surface area contributed by atoms with Gasteiger partial charge in [0, 0.05) is 0 Å². The van der Waals surface area contributed by atoms with Crippen LogP contribution in [-0.2, 0) is 0 Å². The molecule has 0 aliphatic heterocycles. The molecule has 10 heavy (non-hydrogen) atoms. The Morgan fingerprint density at radius 1 is 1.10 bits per heavy atom. The van der Waals surface area contributed by atoms with Gasteiger partial charge in [-0.1, -0.05) is 46.0 Å². The summed E-state index contributed by atoms with van der Waals surface area (Å²) in [4.78, 5) is 0. The molecule has 1 saturated carbocycles. The smallest absolute Gasteiger partial charge is 0.0300 e. The van der Waals surface area contributed by atoms with Gasteiger partial charge in [0.15, 0.2) is 0 Å². The highest BCUT2D eigenvalue weighted by atomic mass is 14.2. The Balaban J connectivity index is 2.13. The van der Waals surface area contributed by atoms with Crippen LogP contribution in [0.4, 0.5) is 0 Å². The van der Waals surface area contributed by atoms with E-state index in [4.69, 9.17) is 0 Å². The van der Waals surface area contributed by atoms with Crippen molar-refractivity contribution >= 4 is 0 Å². The lowest BCUT2D eigenvalue weighted by Gasteiger charge is -2.22. The number of rotatable bonds is 2. The van der Waals surface area contributed by atoms with Crippen LogP contribution in [0.25, 0.3) is 0 Å². The Morgan fingerprint density at radius 2 is 1.70 bits per heavy atom. The molecule has 0 heterocycles. The SMILES string of the molecule is C[C](C)CC1CCCCC1. The van der Waals surface area contributed by atoms with Gasteiger partial charge >= 0.3 is 0 Å². The summed E-state index contributed by atoms with van der Waals surface area (Å²) in [6.07, 6.45) is 8.82. The van der Waals surface area contributed by atoms with Crippen LogP contribution in [0.15, 0.2) is 0 Å². The summed E-state index contributed by atoms with van der Waals surface area (Å²) in [5, 5.41) is 0. The molecule has 1 rings (SSSR count). The summed E-state index contributed by atoms with van der Waals surface area (Å²) in [7, 11) is 0. The highest BCUT2D eigenvalue weighted by Crippen LogP contribution is 2.29. The molecule has 0 saturated heterocycles. The summed E-state index contributed by atoms with van der Waals surface area (Å²) in [6, 6.07) is 0. The Bertz CT molecular complexity index is 78.0. The highest BCUT2D eigenvalue weighted by molar-refractivity contribution is 4.82. The van der Waals surface area contributed by atoms with Crippen LogP contribution in [0.3, 0.4) is 0 Å². The Morgan fingerprint density at radius 3 is 2.20 bits per heavy atom. The van der Waals surface area contributed by atoms with Gasteiger partial charge in [0.05, 0.1) is 0 Å². The van der Waals surface area contributed by atoms with E-state index in [0.29, 0.717) is 0 Å². The van der Waals surface area contributed by atoms with E-state index in [1.807, 2.05) is 0 Å². The molecule has 1 fully saturated rings. The lowest BCUT2D eigenvalue weighted by atomic mass is 9.84. The van der Waals surface area contributed by atoms with Gasteiger partial charge in [-0.05, 0) is 18.3 Å². The first-order valence-corrected chi connectivity index (χ1v) is 4.58. The third-order valence-corrected chi connectivity index (χ3v) is 2.42.